The van der Waals surface area contributed by atoms with E-state index in [-0.39, 0.29) is 11.8 Å². The highest BCUT2D eigenvalue weighted by molar-refractivity contribution is 5.30. The number of nitrogens with zero attached hydrogens (tertiary/aromatic N) is 3. The van der Waals surface area contributed by atoms with Crippen molar-refractivity contribution in [2.24, 2.45) is 7.05 Å². The zero-order chi connectivity index (χ0) is 15.5. The molecule has 2 aromatic rings. The Balaban J connectivity index is 2.08. The molecular weight excluding hydrogens is 285 g/mol. The number of ether oxygens (including phenoxy) is 1. The second-order valence-electron chi connectivity index (χ2n) is 4.55. The summed E-state index contributed by atoms with van der Waals surface area (Å²) in [7, 11) is 3.55. The van der Waals surface area contributed by atoms with Crippen molar-refractivity contribution in [3.8, 4) is 5.75 Å². The van der Waals surface area contributed by atoms with Crippen molar-refractivity contribution in [1.82, 2.24) is 20.3 Å². The van der Waals surface area contributed by atoms with Crippen molar-refractivity contribution in [1.29, 1.82) is 0 Å². The molecule has 0 fully saturated rings. The van der Waals surface area contributed by atoms with E-state index in [9.17, 15) is 13.2 Å². The van der Waals surface area contributed by atoms with Crippen LogP contribution in [-0.2, 0) is 13.5 Å². The van der Waals surface area contributed by atoms with Crippen molar-refractivity contribution < 1.29 is 17.9 Å². The lowest BCUT2D eigenvalue weighted by atomic mass is 10.0. The van der Waals surface area contributed by atoms with Gasteiger partial charge in [-0.2, -0.15) is 0 Å². The zero-order valence-electron chi connectivity index (χ0n) is 11.6. The molecule has 0 aliphatic rings. The molecule has 2 rings (SSSR count). The van der Waals surface area contributed by atoms with Crippen LogP contribution in [0.1, 0.15) is 17.3 Å². The number of benzene rings is 1. The molecule has 0 radical (unpaired) electrons. The van der Waals surface area contributed by atoms with Crippen LogP contribution in [-0.4, -0.2) is 28.4 Å². The molecule has 1 aromatic heterocycles. The molecule has 0 aliphatic carbocycles. The second-order valence-corrected chi connectivity index (χ2v) is 4.55. The lowest BCUT2D eigenvalue weighted by Gasteiger charge is -2.16. The largest absolute Gasteiger partial charge is 0.573 e. The van der Waals surface area contributed by atoms with Crippen LogP contribution in [0, 0.1) is 0 Å². The number of nitrogens with one attached hydrogen (secondary N) is 1. The summed E-state index contributed by atoms with van der Waals surface area (Å²) in [4.78, 5) is 0. The van der Waals surface area contributed by atoms with Crippen molar-refractivity contribution in [2.75, 3.05) is 7.05 Å². The lowest BCUT2D eigenvalue weighted by molar-refractivity contribution is -0.274. The maximum absolute atomic E-state index is 12.1. The predicted molar refractivity (Wildman–Crippen MR) is 69.6 cm³/mol. The molecule has 21 heavy (non-hydrogen) atoms. The third-order valence-corrected chi connectivity index (χ3v) is 2.93. The van der Waals surface area contributed by atoms with Crippen LogP contribution < -0.4 is 10.1 Å². The molecule has 0 saturated carbocycles. The molecule has 0 bridgehead atoms. The van der Waals surface area contributed by atoms with Crippen LogP contribution in [0.4, 0.5) is 13.2 Å². The van der Waals surface area contributed by atoms with Gasteiger partial charge in [0.25, 0.3) is 0 Å². The van der Waals surface area contributed by atoms with Crippen LogP contribution in [0.2, 0.25) is 0 Å². The summed E-state index contributed by atoms with van der Waals surface area (Å²) in [6.07, 6.45) is -2.29. The summed E-state index contributed by atoms with van der Waals surface area (Å²) in [5.74, 6) is -0.236. The number of likely N-dealkylation sites (N-methyl/N-ethyl adjacent to an activating group) is 1. The fraction of sp³-hybridized carbons (Fsp3) is 0.385. The normalized spacial score (nSPS) is 13.2. The van der Waals surface area contributed by atoms with Gasteiger partial charge in [0.1, 0.15) is 5.75 Å². The van der Waals surface area contributed by atoms with E-state index >= 15 is 0 Å². The van der Waals surface area contributed by atoms with Gasteiger partial charge in [-0.15, -0.1) is 18.3 Å². The molecule has 1 unspecified atom stereocenters. The Hall–Kier alpha value is -2.09. The number of rotatable bonds is 5. The summed E-state index contributed by atoms with van der Waals surface area (Å²) >= 11 is 0. The van der Waals surface area contributed by atoms with Crippen molar-refractivity contribution in [3.63, 3.8) is 0 Å². The van der Waals surface area contributed by atoms with Crippen molar-refractivity contribution >= 4 is 0 Å². The van der Waals surface area contributed by atoms with Crippen LogP contribution in [0.25, 0.3) is 0 Å². The van der Waals surface area contributed by atoms with E-state index in [1.165, 1.54) is 12.1 Å². The Morgan fingerprint density at radius 1 is 1.29 bits per heavy atom. The first-order valence-corrected chi connectivity index (χ1v) is 6.25. The summed E-state index contributed by atoms with van der Waals surface area (Å²) in [5.41, 5.74) is 1.64. The fourth-order valence-electron chi connectivity index (χ4n) is 1.99. The summed E-state index contributed by atoms with van der Waals surface area (Å²) in [6, 6.07) is 5.71. The summed E-state index contributed by atoms with van der Waals surface area (Å²) in [6.45, 7) is 0. The van der Waals surface area contributed by atoms with Crippen molar-refractivity contribution in [2.45, 2.75) is 18.8 Å². The van der Waals surface area contributed by atoms with Gasteiger partial charge in [-0.05, 0) is 24.7 Å². The number of halogens is 3. The van der Waals surface area contributed by atoms with Crippen LogP contribution in [0.3, 0.4) is 0 Å². The molecule has 1 aromatic carbocycles. The molecule has 0 spiro atoms. The van der Waals surface area contributed by atoms with E-state index in [1.54, 1.807) is 37.1 Å². The molecule has 1 atom stereocenters. The molecule has 5 nitrogen and oxygen atoms in total. The topological polar surface area (TPSA) is 52.0 Å². The highest BCUT2D eigenvalue weighted by Gasteiger charge is 2.31. The van der Waals surface area contributed by atoms with E-state index in [4.69, 9.17) is 0 Å². The molecule has 1 heterocycles. The second kappa shape index (κ2) is 6.13. The maximum atomic E-state index is 12.1. The SMILES string of the molecule is CNC(Cc1cn(C)nn1)c1ccc(OC(F)(F)F)cc1. The monoisotopic (exact) mass is 300 g/mol. The molecule has 0 amide bonds. The smallest absolute Gasteiger partial charge is 0.406 e. The first kappa shape index (κ1) is 15.3. The van der Waals surface area contributed by atoms with Gasteiger partial charge in [0, 0.05) is 25.7 Å². The molecule has 1 N–H and O–H groups in total. The Morgan fingerprint density at radius 3 is 2.43 bits per heavy atom. The molecule has 0 aliphatic heterocycles. The van der Waals surface area contributed by atoms with Crippen LogP contribution >= 0.6 is 0 Å². The number of aromatic nitrogens is 3. The van der Waals surface area contributed by atoms with Gasteiger partial charge in [0.2, 0.25) is 0 Å². The number of hydrogen-bond acceptors (Lipinski definition) is 4. The Labute approximate surface area is 119 Å². The third-order valence-electron chi connectivity index (χ3n) is 2.93. The number of alkyl halides is 3. The van der Waals surface area contributed by atoms with Crippen LogP contribution in [0.5, 0.6) is 5.75 Å². The van der Waals surface area contributed by atoms with Gasteiger partial charge in [0.05, 0.1) is 5.69 Å². The third kappa shape index (κ3) is 4.45. The van der Waals surface area contributed by atoms with Gasteiger partial charge < -0.3 is 10.1 Å². The maximum Gasteiger partial charge on any atom is 0.573 e. The highest BCUT2D eigenvalue weighted by Crippen LogP contribution is 2.25. The first-order valence-electron chi connectivity index (χ1n) is 6.25. The lowest BCUT2D eigenvalue weighted by Crippen LogP contribution is -2.19. The minimum absolute atomic E-state index is 0.0679. The summed E-state index contributed by atoms with van der Waals surface area (Å²) in [5, 5.41) is 10.9. The van der Waals surface area contributed by atoms with Gasteiger partial charge in [-0.25, -0.2) is 0 Å². The first-order chi connectivity index (χ1) is 9.87. The van der Waals surface area contributed by atoms with Gasteiger partial charge in [-0.1, -0.05) is 17.3 Å². The average Bonchev–Trinajstić information content (AvgIpc) is 2.81. The number of hydrogen-bond donors (Lipinski definition) is 1. The quantitative estimate of drug-likeness (QED) is 0.920. The Bertz CT molecular complexity index is 580. The van der Waals surface area contributed by atoms with E-state index in [1.807, 2.05) is 0 Å². The van der Waals surface area contributed by atoms with Crippen molar-refractivity contribution in [3.05, 3.63) is 41.7 Å². The molecule has 0 saturated heterocycles. The molecule has 8 heteroatoms. The van der Waals surface area contributed by atoms with E-state index < -0.39 is 6.36 Å². The summed E-state index contributed by atoms with van der Waals surface area (Å²) < 4.78 is 41.8. The Morgan fingerprint density at radius 2 is 1.95 bits per heavy atom. The zero-order valence-corrected chi connectivity index (χ0v) is 11.6. The van der Waals surface area contributed by atoms with Gasteiger partial charge >= 0.3 is 6.36 Å². The average molecular weight is 300 g/mol. The van der Waals surface area contributed by atoms with Gasteiger partial charge in [-0.3, -0.25) is 4.68 Å². The minimum atomic E-state index is -4.68. The predicted octanol–water partition coefficient (Wildman–Crippen LogP) is 2.22. The van der Waals surface area contributed by atoms with E-state index in [0.29, 0.717) is 6.42 Å². The van der Waals surface area contributed by atoms with Gasteiger partial charge in [0.15, 0.2) is 0 Å². The van der Waals surface area contributed by atoms with E-state index in [2.05, 4.69) is 20.4 Å². The van der Waals surface area contributed by atoms with E-state index in [0.717, 1.165) is 11.3 Å². The van der Waals surface area contributed by atoms with Crippen LogP contribution in [0.15, 0.2) is 30.5 Å². The molecule has 114 valence electrons. The number of aryl methyl sites for hydroxylation is 1. The fourth-order valence-corrected chi connectivity index (χ4v) is 1.99. The Kier molecular flexibility index (Phi) is 4.46. The molecular formula is C13H15F3N4O. The minimum Gasteiger partial charge on any atom is -0.406 e. The standard InChI is InChI=1S/C13H15F3N4O/c1-17-12(7-10-8-20(2)19-18-10)9-3-5-11(6-4-9)21-13(14,15)16/h3-6,8,12,17H,7H2,1-2H3. The highest BCUT2D eigenvalue weighted by atomic mass is 19.4.